The van der Waals surface area contributed by atoms with E-state index in [0.29, 0.717) is 16.3 Å². The highest BCUT2D eigenvalue weighted by Gasteiger charge is 2.11. The van der Waals surface area contributed by atoms with Crippen molar-refractivity contribution in [3.05, 3.63) is 64.7 Å². The zero-order valence-electron chi connectivity index (χ0n) is 14.8. The summed E-state index contributed by atoms with van der Waals surface area (Å²) in [5, 5.41) is 8.72. The molecule has 1 unspecified atom stereocenters. The standard InChI is InChI=1S/C19H21ClN4O3/c1-12(13-5-7-15(20)8-6-13)23-19(27)24-16-4-2-3-14(11-16)18(26)22-10-9-17(21)25/h2-8,11-12H,9-10H2,1H3,(H2,21,25)(H,22,26)(H2,23,24,27). The van der Waals surface area contributed by atoms with Gasteiger partial charge in [-0.3, -0.25) is 9.59 Å². The van der Waals surface area contributed by atoms with Gasteiger partial charge in [-0.15, -0.1) is 0 Å². The Bertz CT molecular complexity index is 824. The number of urea groups is 1. The molecule has 0 bridgehead atoms. The van der Waals surface area contributed by atoms with E-state index in [2.05, 4.69) is 16.0 Å². The number of hydrogen-bond donors (Lipinski definition) is 4. The molecule has 4 amide bonds. The molecule has 0 saturated heterocycles. The van der Waals surface area contributed by atoms with Crippen LogP contribution in [0.1, 0.15) is 35.3 Å². The SMILES string of the molecule is CC(NC(=O)Nc1cccc(C(=O)NCCC(N)=O)c1)c1ccc(Cl)cc1. The fourth-order valence-electron chi connectivity index (χ4n) is 2.34. The minimum atomic E-state index is -0.489. The Balaban J connectivity index is 1.92. The molecule has 5 N–H and O–H groups in total. The van der Waals surface area contributed by atoms with Gasteiger partial charge < -0.3 is 21.7 Å². The van der Waals surface area contributed by atoms with Crippen LogP contribution in [0.2, 0.25) is 5.02 Å². The second kappa shape index (κ2) is 9.59. The van der Waals surface area contributed by atoms with Crippen LogP contribution < -0.4 is 21.7 Å². The van der Waals surface area contributed by atoms with Gasteiger partial charge in [-0.05, 0) is 42.8 Å². The number of anilines is 1. The number of amides is 4. The second-order valence-electron chi connectivity index (χ2n) is 5.92. The van der Waals surface area contributed by atoms with E-state index in [1.165, 1.54) is 0 Å². The van der Waals surface area contributed by atoms with Gasteiger partial charge in [-0.25, -0.2) is 4.79 Å². The monoisotopic (exact) mass is 388 g/mol. The van der Waals surface area contributed by atoms with Gasteiger partial charge in [0.1, 0.15) is 0 Å². The van der Waals surface area contributed by atoms with E-state index in [0.717, 1.165) is 5.56 Å². The molecular weight excluding hydrogens is 368 g/mol. The van der Waals surface area contributed by atoms with Crippen LogP contribution in [-0.2, 0) is 4.79 Å². The fraction of sp³-hybridized carbons (Fsp3) is 0.211. The molecule has 0 spiro atoms. The average molecular weight is 389 g/mol. The third kappa shape index (κ3) is 6.63. The minimum Gasteiger partial charge on any atom is -0.370 e. The highest BCUT2D eigenvalue weighted by Crippen LogP contribution is 2.16. The maximum absolute atomic E-state index is 12.2. The van der Waals surface area contributed by atoms with Gasteiger partial charge in [0.2, 0.25) is 5.91 Å². The first kappa shape index (κ1) is 20.3. The van der Waals surface area contributed by atoms with Crippen LogP contribution in [0.3, 0.4) is 0 Å². The predicted molar refractivity (Wildman–Crippen MR) is 105 cm³/mol. The van der Waals surface area contributed by atoms with Gasteiger partial charge in [-0.1, -0.05) is 29.8 Å². The highest BCUT2D eigenvalue weighted by atomic mass is 35.5. The molecular formula is C19H21ClN4O3. The molecule has 0 aromatic heterocycles. The molecule has 1 atom stereocenters. The van der Waals surface area contributed by atoms with Crippen molar-refractivity contribution in [3.8, 4) is 0 Å². The Morgan fingerprint density at radius 2 is 1.81 bits per heavy atom. The van der Waals surface area contributed by atoms with Gasteiger partial charge in [0.25, 0.3) is 5.91 Å². The second-order valence-corrected chi connectivity index (χ2v) is 6.36. The summed E-state index contributed by atoms with van der Waals surface area (Å²) in [5.41, 5.74) is 6.78. The van der Waals surface area contributed by atoms with Crippen molar-refractivity contribution >= 4 is 35.1 Å². The predicted octanol–water partition coefficient (Wildman–Crippen LogP) is 2.83. The number of hydrogen-bond acceptors (Lipinski definition) is 3. The lowest BCUT2D eigenvalue weighted by Crippen LogP contribution is -2.31. The van der Waals surface area contributed by atoms with E-state index in [1.807, 2.05) is 19.1 Å². The molecule has 7 nitrogen and oxygen atoms in total. The quantitative estimate of drug-likeness (QED) is 0.584. The van der Waals surface area contributed by atoms with Gasteiger partial charge in [0, 0.05) is 29.2 Å². The first-order valence-corrected chi connectivity index (χ1v) is 8.72. The van der Waals surface area contributed by atoms with E-state index in [1.54, 1.807) is 36.4 Å². The van der Waals surface area contributed by atoms with Gasteiger partial charge in [0.05, 0.1) is 6.04 Å². The molecule has 0 saturated carbocycles. The summed E-state index contributed by atoms with van der Waals surface area (Å²) in [5.74, 6) is -0.841. The zero-order chi connectivity index (χ0) is 19.8. The maximum Gasteiger partial charge on any atom is 0.319 e. The van der Waals surface area contributed by atoms with Crippen LogP contribution in [0.4, 0.5) is 10.5 Å². The molecule has 0 aliphatic heterocycles. The number of benzene rings is 2. The summed E-state index contributed by atoms with van der Waals surface area (Å²) in [4.78, 5) is 35.0. The van der Waals surface area contributed by atoms with Crippen LogP contribution in [0.5, 0.6) is 0 Å². The number of carbonyl (C=O) groups excluding carboxylic acids is 3. The molecule has 0 aliphatic carbocycles. The van der Waals surface area contributed by atoms with Crippen LogP contribution in [0.25, 0.3) is 0 Å². The van der Waals surface area contributed by atoms with Crippen LogP contribution >= 0.6 is 11.6 Å². The van der Waals surface area contributed by atoms with Gasteiger partial charge in [-0.2, -0.15) is 0 Å². The summed E-state index contributed by atoms with van der Waals surface area (Å²) >= 11 is 5.86. The normalized spacial score (nSPS) is 11.3. The van der Waals surface area contributed by atoms with Gasteiger partial charge in [0.15, 0.2) is 0 Å². The lowest BCUT2D eigenvalue weighted by molar-refractivity contribution is -0.117. The van der Waals surface area contributed by atoms with Crippen molar-refractivity contribution in [1.82, 2.24) is 10.6 Å². The number of rotatable bonds is 7. The Morgan fingerprint density at radius 3 is 2.48 bits per heavy atom. The summed E-state index contributed by atoms with van der Waals surface area (Å²) < 4.78 is 0. The van der Waals surface area contributed by atoms with Crippen molar-refractivity contribution in [2.45, 2.75) is 19.4 Å². The Kier molecular flexibility index (Phi) is 7.19. The third-order valence-electron chi connectivity index (χ3n) is 3.76. The third-order valence-corrected chi connectivity index (χ3v) is 4.01. The molecule has 0 fully saturated rings. The van der Waals surface area contributed by atoms with Crippen LogP contribution in [0.15, 0.2) is 48.5 Å². The molecule has 27 heavy (non-hydrogen) atoms. The smallest absolute Gasteiger partial charge is 0.319 e. The molecule has 8 heteroatoms. The molecule has 0 aliphatic rings. The number of carbonyl (C=O) groups is 3. The van der Waals surface area contributed by atoms with E-state index in [-0.39, 0.29) is 24.9 Å². The van der Waals surface area contributed by atoms with Crippen molar-refractivity contribution in [1.29, 1.82) is 0 Å². The van der Waals surface area contributed by atoms with E-state index >= 15 is 0 Å². The molecule has 2 aromatic carbocycles. The van der Waals surface area contributed by atoms with Crippen molar-refractivity contribution in [2.75, 3.05) is 11.9 Å². The number of nitrogens with one attached hydrogen (secondary N) is 3. The lowest BCUT2D eigenvalue weighted by Gasteiger charge is -2.15. The molecule has 0 radical (unpaired) electrons. The average Bonchev–Trinajstić information content (AvgIpc) is 2.62. The molecule has 2 rings (SSSR count). The Labute approximate surface area is 162 Å². The number of primary amides is 1. The van der Waals surface area contributed by atoms with Crippen molar-refractivity contribution in [3.63, 3.8) is 0 Å². The first-order valence-electron chi connectivity index (χ1n) is 8.34. The number of nitrogens with two attached hydrogens (primary N) is 1. The van der Waals surface area contributed by atoms with E-state index < -0.39 is 11.9 Å². The Morgan fingerprint density at radius 1 is 1.11 bits per heavy atom. The van der Waals surface area contributed by atoms with E-state index in [4.69, 9.17) is 17.3 Å². The fourth-order valence-corrected chi connectivity index (χ4v) is 2.46. The molecule has 2 aromatic rings. The van der Waals surface area contributed by atoms with Crippen molar-refractivity contribution < 1.29 is 14.4 Å². The summed E-state index contributed by atoms with van der Waals surface area (Å²) in [6.07, 6.45) is 0.0642. The molecule has 0 heterocycles. The summed E-state index contributed by atoms with van der Waals surface area (Å²) in [6, 6.07) is 13.1. The summed E-state index contributed by atoms with van der Waals surface area (Å²) in [6.45, 7) is 2.01. The topological polar surface area (TPSA) is 113 Å². The largest absolute Gasteiger partial charge is 0.370 e. The Hall–Kier alpha value is -3.06. The van der Waals surface area contributed by atoms with Crippen LogP contribution in [0, 0.1) is 0 Å². The maximum atomic E-state index is 12.2. The van der Waals surface area contributed by atoms with Crippen LogP contribution in [-0.4, -0.2) is 24.4 Å². The lowest BCUT2D eigenvalue weighted by atomic mass is 10.1. The van der Waals surface area contributed by atoms with E-state index in [9.17, 15) is 14.4 Å². The number of halogens is 1. The zero-order valence-corrected chi connectivity index (χ0v) is 15.5. The highest BCUT2D eigenvalue weighted by molar-refractivity contribution is 6.30. The van der Waals surface area contributed by atoms with Gasteiger partial charge >= 0.3 is 6.03 Å². The first-order chi connectivity index (χ1) is 12.8. The molecule has 142 valence electrons. The minimum absolute atomic E-state index is 0.0642. The summed E-state index contributed by atoms with van der Waals surface area (Å²) in [7, 11) is 0. The van der Waals surface area contributed by atoms with Crippen molar-refractivity contribution in [2.24, 2.45) is 5.73 Å².